The molecular weight excluding hydrogens is 395 g/mol. The Balaban J connectivity index is 1.86. The zero-order valence-corrected chi connectivity index (χ0v) is 17.4. The molecule has 0 saturated carbocycles. The number of hydrogen-bond donors (Lipinski definition) is 1. The van der Waals surface area contributed by atoms with Gasteiger partial charge in [0.05, 0.1) is 31.0 Å². The topological polar surface area (TPSA) is 60.5 Å². The zero-order valence-electron chi connectivity index (χ0n) is 17.4. The normalized spacial score (nSPS) is 10.7. The van der Waals surface area contributed by atoms with Crippen LogP contribution in [0.2, 0.25) is 0 Å². The van der Waals surface area contributed by atoms with Gasteiger partial charge in [-0.2, -0.15) is 0 Å². The average Bonchev–Trinajstić information content (AvgIpc) is 2.80. The maximum Gasteiger partial charge on any atom is 0.256 e. The minimum absolute atomic E-state index is 0.351. The molecule has 1 heterocycles. The predicted molar refractivity (Wildman–Crippen MR) is 119 cm³/mol. The Kier molecular flexibility index (Phi) is 5.54. The van der Waals surface area contributed by atoms with Gasteiger partial charge in [-0.05, 0) is 55.0 Å². The highest BCUT2D eigenvalue weighted by atomic mass is 19.1. The highest BCUT2D eigenvalue weighted by Crippen LogP contribution is 2.34. The van der Waals surface area contributed by atoms with Gasteiger partial charge in [0.15, 0.2) is 0 Å². The first-order chi connectivity index (χ1) is 15.0. The van der Waals surface area contributed by atoms with Crippen LogP contribution in [0, 0.1) is 12.7 Å². The van der Waals surface area contributed by atoms with Crippen LogP contribution in [0.5, 0.6) is 11.5 Å². The maximum atomic E-state index is 13.7. The van der Waals surface area contributed by atoms with Crippen molar-refractivity contribution >= 4 is 22.5 Å². The Morgan fingerprint density at radius 3 is 2.55 bits per heavy atom. The van der Waals surface area contributed by atoms with Crippen LogP contribution in [0.3, 0.4) is 0 Å². The molecule has 156 valence electrons. The minimum atomic E-state index is -0.415. The number of aromatic nitrogens is 1. The van der Waals surface area contributed by atoms with Gasteiger partial charge in [-0.25, -0.2) is 9.37 Å². The van der Waals surface area contributed by atoms with Crippen LogP contribution < -0.4 is 14.8 Å². The molecule has 1 N–H and O–H groups in total. The van der Waals surface area contributed by atoms with Crippen LogP contribution >= 0.6 is 0 Å². The summed E-state index contributed by atoms with van der Waals surface area (Å²) in [4.78, 5) is 18.0. The second kappa shape index (κ2) is 8.44. The van der Waals surface area contributed by atoms with Crippen molar-refractivity contribution in [2.24, 2.45) is 0 Å². The van der Waals surface area contributed by atoms with Crippen molar-refractivity contribution in [2.75, 3.05) is 19.5 Å². The SMILES string of the molecule is COc1ccc(OC)c(-c2cc(C(=O)Nc3cc(F)ccc3C)c3ccccc3n2)c1. The average molecular weight is 416 g/mol. The molecule has 0 saturated heterocycles. The molecule has 0 aliphatic heterocycles. The number of carbonyl (C=O) groups is 1. The lowest BCUT2D eigenvalue weighted by Gasteiger charge is -2.14. The Labute approximate surface area is 179 Å². The molecule has 1 aromatic heterocycles. The number of nitrogens with zero attached hydrogens (tertiary/aromatic N) is 1. The number of pyridine rings is 1. The van der Waals surface area contributed by atoms with Gasteiger partial charge in [-0.3, -0.25) is 4.79 Å². The molecule has 0 atom stereocenters. The van der Waals surface area contributed by atoms with E-state index < -0.39 is 5.82 Å². The highest BCUT2D eigenvalue weighted by molar-refractivity contribution is 6.13. The van der Waals surface area contributed by atoms with Crippen LogP contribution in [-0.4, -0.2) is 25.1 Å². The number of halogens is 1. The van der Waals surface area contributed by atoms with Crippen LogP contribution in [0.15, 0.2) is 66.7 Å². The minimum Gasteiger partial charge on any atom is -0.497 e. The van der Waals surface area contributed by atoms with E-state index in [1.54, 1.807) is 38.5 Å². The number of anilines is 1. The number of aryl methyl sites for hydroxylation is 1. The third kappa shape index (κ3) is 4.05. The molecule has 0 radical (unpaired) electrons. The summed E-state index contributed by atoms with van der Waals surface area (Å²) in [5, 5.41) is 3.52. The summed E-state index contributed by atoms with van der Waals surface area (Å²) >= 11 is 0. The first-order valence-electron chi connectivity index (χ1n) is 9.70. The molecule has 0 bridgehead atoms. The molecule has 31 heavy (non-hydrogen) atoms. The molecule has 0 aliphatic rings. The van der Waals surface area contributed by atoms with Crippen molar-refractivity contribution in [1.29, 1.82) is 0 Å². The predicted octanol–water partition coefficient (Wildman–Crippen LogP) is 5.62. The molecule has 1 amide bonds. The fourth-order valence-corrected chi connectivity index (χ4v) is 3.43. The summed E-state index contributed by atoms with van der Waals surface area (Å²) in [5.41, 5.74) is 3.54. The maximum absolute atomic E-state index is 13.7. The zero-order chi connectivity index (χ0) is 22.0. The van der Waals surface area contributed by atoms with E-state index in [9.17, 15) is 9.18 Å². The van der Waals surface area contributed by atoms with Crippen LogP contribution in [-0.2, 0) is 0 Å². The van der Waals surface area contributed by atoms with Gasteiger partial charge in [0.25, 0.3) is 5.91 Å². The van der Waals surface area contributed by atoms with Gasteiger partial charge in [-0.15, -0.1) is 0 Å². The van der Waals surface area contributed by atoms with Gasteiger partial charge in [0.2, 0.25) is 0 Å². The van der Waals surface area contributed by atoms with Crippen molar-refractivity contribution in [3.63, 3.8) is 0 Å². The van der Waals surface area contributed by atoms with E-state index in [2.05, 4.69) is 5.32 Å². The van der Waals surface area contributed by atoms with Crippen LogP contribution in [0.1, 0.15) is 15.9 Å². The molecule has 0 fully saturated rings. The number of methoxy groups -OCH3 is 2. The van der Waals surface area contributed by atoms with Gasteiger partial charge in [0, 0.05) is 16.6 Å². The molecule has 3 aromatic carbocycles. The van der Waals surface area contributed by atoms with E-state index in [0.29, 0.717) is 44.9 Å². The summed E-state index contributed by atoms with van der Waals surface area (Å²) in [6.07, 6.45) is 0. The molecule has 0 spiro atoms. The molecule has 4 rings (SSSR count). The fourth-order valence-electron chi connectivity index (χ4n) is 3.43. The quantitative estimate of drug-likeness (QED) is 0.459. The number of carbonyl (C=O) groups excluding carboxylic acids is 1. The Bertz CT molecular complexity index is 1290. The van der Waals surface area contributed by atoms with Crippen molar-refractivity contribution < 1.29 is 18.7 Å². The van der Waals surface area contributed by atoms with Gasteiger partial charge in [0.1, 0.15) is 17.3 Å². The standard InChI is InChI=1S/C25H21FN2O3/c1-15-8-9-16(26)12-22(15)28-25(29)19-14-23(27-21-7-5-4-6-18(19)21)20-13-17(30-2)10-11-24(20)31-3/h4-14H,1-3H3,(H,28,29). The lowest BCUT2D eigenvalue weighted by molar-refractivity contribution is 0.102. The Morgan fingerprint density at radius 2 is 1.77 bits per heavy atom. The second-order valence-corrected chi connectivity index (χ2v) is 7.05. The van der Waals surface area contributed by atoms with E-state index in [1.807, 2.05) is 37.3 Å². The second-order valence-electron chi connectivity index (χ2n) is 7.05. The van der Waals surface area contributed by atoms with Gasteiger partial charge in [-0.1, -0.05) is 24.3 Å². The summed E-state index contributed by atoms with van der Waals surface area (Å²) in [6.45, 7) is 1.81. The summed E-state index contributed by atoms with van der Waals surface area (Å²) < 4.78 is 24.6. The Morgan fingerprint density at radius 1 is 0.968 bits per heavy atom. The van der Waals surface area contributed by atoms with E-state index in [4.69, 9.17) is 14.5 Å². The number of ether oxygens (including phenoxy) is 2. The fraction of sp³-hybridized carbons (Fsp3) is 0.120. The summed E-state index contributed by atoms with van der Waals surface area (Å²) in [6, 6.07) is 18.8. The van der Waals surface area contributed by atoms with Crippen molar-refractivity contribution in [2.45, 2.75) is 6.92 Å². The van der Waals surface area contributed by atoms with Crippen LogP contribution in [0.4, 0.5) is 10.1 Å². The van der Waals surface area contributed by atoms with Gasteiger partial charge < -0.3 is 14.8 Å². The number of amides is 1. The number of para-hydroxylation sites is 1. The monoisotopic (exact) mass is 416 g/mol. The van der Waals surface area contributed by atoms with E-state index in [1.165, 1.54) is 12.1 Å². The molecular formula is C25H21FN2O3. The molecule has 6 heteroatoms. The Hall–Kier alpha value is -3.93. The number of nitrogens with one attached hydrogen (secondary N) is 1. The van der Waals surface area contributed by atoms with E-state index >= 15 is 0 Å². The smallest absolute Gasteiger partial charge is 0.256 e. The largest absolute Gasteiger partial charge is 0.497 e. The highest BCUT2D eigenvalue weighted by Gasteiger charge is 2.17. The summed E-state index contributed by atoms with van der Waals surface area (Å²) in [5.74, 6) is 0.487. The third-order valence-electron chi connectivity index (χ3n) is 5.09. The molecule has 0 unspecified atom stereocenters. The molecule has 0 aliphatic carbocycles. The van der Waals surface area contributed by atoms with Crippen molar-refractivity contribution in [3.05, 3.63) is 83.7 Å². The first-order valence-corrected chi connectivity index (χ1v) is 9.70. The molecule has 5 nitrogen and oxygen atoms in total. The van der Waals surface area contributed by atoms with Gasteiger partial charge >= 0.3 is 0 Å². The molecule has 4 aromatic rings. The third-order valence-corrected chi connectivity index (χ3v) is 5.09. The van der Waals surface area contributed by atoms with Crippen LogP contribution in [0.25, 0.3) is 22.2 Å². The van der Waals surface area contributed by atoms with E-state index in [-0.39, 0.29) is 5.91 Å². The number of hydrogen-bond acceptors (Lipinski definition) is 4. The number of benzene rings is 3. The number of fused-ring (bicyclic) bond motifs is 1. The lowest BCUT2D eigenvalue weighted by atomic mass is 10.0. The lowest BCUT2D eigenvalue weighted by Crippen LogP contribution is -2.14. The number of rotatable bonds is 5. The van der Waals surface area contributed by atoms with E-state index in [0.717, 1.165) is 5.56 Å². The van der Waals surface area contributed by atoms with Crippen molar-refractivity contribution in [1.82, 2.24) is 4.98 Å². The summed E-state index contributed by atoms with van der Waals surface area (Å²) in [7, 11) is 3.16. The van der Waals surface area contributed by atoms with Crippen molar-refractivity contribution in [3.8, 4) is 22.8 Å². The first kappa shape index (κ1) is 20.3.